The van der Waals surface area contributed by atoms with Crippen LogP contribution < -0.4 is 5.73 Å². The van der Waals surface area contributed by atoms with Gasteiger partial charge in [0.25, 0.3) is 5.91 Å². The van der Waals surface area contributed by atoms with Crippen LogP contribution in [-0.4, -0.2) is 28.9 Å². The average Bonchev–Trinajstić information content (AvgIpc) is 2.53. The van der Waals surface area contributed by atoms with E-state index in [1.165, 1.54) is 19.3 Å². The molecule has 1 saturated carbocycles. The van der Waals surface area contributed by atoms with E-state index < -0.39 is 0 Å². The van der Waals surface area contributed by atoms with Crippen LogP contribution in [0, 0.1) is 5.92 Å². The molecule has 0 aromatic heterocycles. The molecule has 0 aliphatic heterocycles. The second-order valence-corrected chi connectivity index (χ2v) is 6.38. The Hall–Kier alpha value is -1.42. The van der Waals surface area contributed by atoms with E-state index in [0.29, 0.717) is 16.6 Å². The van der Waals surface area contributed by atoms with Crippen molar-refractivity contribution >= 4 is 23.1 Å². The first kappa shape index (κ1) is 16.0. The number of amides is 1. The number of nitrogens with two attached hydrogens (primary N) is 1. The van der Waals surface area contributed by atoms with Gasteiger partial charge >= 0.3 is 0 Å². The molecule has 0 unspecified atom stereocenters. The largest absolute Gasteiger partial charge is 0.389 e. The molecule has 0 saturated heterocycles. The summed E-state index contributed by atoms with van der Waals surface area (Å²) in [6.07, 6.45) is 5.92. The zero-order chi connectivity index (χ0) is 15.4. The van der Waals surface area contributed by atoms with Crippen LogP contribution in [0.15, 0.2) is 24.3 Å². The van der Waals surface area contributed by atoms with Gasteiger partial charge in [-0.15, -0.1) is 0 Å². The molecular weight excluding hydrogens is 280 g/mol. The van der Waals surface area contributed by atoms with E-state index in [2.05, 4.69) is 6.92 Å². The normalized spacial score (nSPS) is 21.8. The Kier molecular flexibility index (Phi) is 5.34. The number of hydrogen-bond acceptors (Lipinski definition) is 2. The molecule has 1 fully saturated rings. The fourth-order valence-electron chi connectivity index (χ4n) is 3.12. The van der Waals surface area contributed by atoms with Crippen LogP contribution in [-0.2, 0) is 0 Å². The second kappa shape index (κ2) is 7.03. The monoisotopic (exact) mass is 304 g/mol. The van der Waals surface area contributed by atoms with Gasteiger partial charge in [-0.25, -0.2) is 0 Å². The van der Waals surface area contributed by atoms with Crippen molar-refractivity contribution in [2.45, 2.75) is 45.1 Å². The summed E-state index contributed by atoms with van der Waals surface area (Å²) in [5, 5.41) is 0. The fourth-order valence-corrected chi connectivity index (χ4v) is 3.24. The SMILES string of the molecule is CCC1CCC(N(C)C(=O)c2cccc(C(N)=S)c2)CC1. The Morgan fingerprint density at radius 2 is 1.90 bits per heavy atom. The maximum Gasteiger partial charge on any atom is 0.253 e. The molecule has 1 aliphatic carbocycles. The molecule has 0 atom stereocenters. The van der Waals surface area contributed by atoms with Gasteiger partial charge in [-0.1, -0.05) is 37.7 Å². The number of hydrogen-bond donors (Lipinski definition) is 1. The molecular formula is C17H24N2OS. The lowest BCUT2D eigenvalue weighted by atomic mass is 9.84. The standard InChI is InChI=1S/C17H24N2OS/c1-3-12-7-9-15(10-8-12)19(2)17(20)14-6-4-5-13(11-14)16(18)21/h4-6,11-12,15H,3,7-10H2,1-2H3,(H2,18,21). The number of rotatable bonds is 4. The summed E-state index contributed by atoms with van der Waals surface area (Å²) in [7, 11) is 1.91. The van der Waals surface area contributed by atoms with Crippen LogP contribution >= 0.6 is 12.2 Å². The van der Waals surface area contributed by atoms with E-state index in [-0.39, 0.29) is 5.91 Å². The van der Waals surface area contributed by atoms with E-state index in [0.717, 1.165) is 24.3 Å². The number of carbonyl (C=O) groups excluding carboxylic acids is 1. The smallest absolute Gasteiger partial charge is 0.253 e. The van der Waals surface area contributed by atoms with Gasteiger partial charge in [-0.3, -0.25) is 4.79 Å². The van der Waals surface area contributed by atoms with E-state index in [9.17, 15) is 4.79 Å². The number of thiocarbonyl (C=S) groups is 1. The number of carbonyl (C=O) groups is 1. The third-order valence-electron chi connectivity index (χ3n) is 4.66. The molecule has 1 aromatic rings. The predicted molar refractivity (Wildman–Crippen MR) is 90.5 cm³/mol. The van der Waals surface area contributed by atoms with Crippen molar-refractivity contribution < 1.29 is 4.79 Å². The van der Waals surface area contributed by atoms with Crippen molar-refractivity contribution in [3.05, 3.63) is 35.4 Å². The molecule has 2 rings (SSSR count). The predicted octanol–water partition coefficient (Wildman–Crippen LogP) is 3.36. The van der Waals surface area contributed by atoms with Crippen molar-refractivity contribution in [1.29, 1.82) is 0 Å². The molecule has 1 aromatic carbocycles. The van der Waals surface area contributed by atoms with E-state index in [4.69, 9.17) is 18.0 Å². The summed E-state index contributed by atoms with van der Waals surface area (Å²) in [5.41, 5.74) is 7.05. The van der Waals surface area contributed by atoms with Crippen LogP contribution in [0.1, 0.15) is 54.9 Å². The Morgan fingerprint density at radius 3 is 2.48 bits per heavy atom. The van der Waals surface area contributed by atoms with Crippen molar-refractivity contribution in [2.75, 3.05) is 7.05 Å². The molecule has 114 valence electrons. The first-order chi connectivity index (χ1) is 10.0. The lowest BCUT2D eigenvalue weighted by Crippen LogP contribution is -2.39. The molecule has 1 amide bonds. The molecule has 1 aliphatic rings. The van der Waals surface area contributed by atoms with E-state index >= 15 is 0 Å². The molecule has 2 N–H and O–H groups in total. The van der Waals surface area contributed by atoms with Gasteiger partial charge in [0.2, 0.25) is 0 Å². The van der Waals surface area contributed by atoms with E-state index in [1.54, 1.807) is 6.07 Å². The summed E-state index contributed by atoms with van der Waals surface area (Å²) in [6, 6.07) is 7.65. The zero-order valence-electron chi connectivity index (χ0n) is 12.8. The lowest BCUT2D eigenvalue weighted by molar-refractivity contribution is 0.0674. The molecule has 0 radical (unpaired) electrons. The highest BCUT2D eigenvalue weighted by molar-refractivity contribution is 7.80. The first-order valence-electron chi connectivity index (χ1n) is 7.70. The minimum Gasteiger partial charge on any atom is -0.389 e. The topological polar surface area (TPSA) is 46.3 Å². The lowest BCUT2D eigenvalue weighted by Gasteiger charge is -2.34. The van der Waals surface area contributed by atoms with Crippen molar-refractivity contribution in [1.82, 2.24) is 4.90 Å². The highest BCUT2D eigenvalue weighted by Crippen LogP contribution is 2.29. The molecule has 0 bridgehead atoms. The summed E-state index contributed by atoms with van der Waals surface area (Å²) in [5.74, 6) is 0.899. The summed E-state index contributed by atoms with van der Waals surface area (Å²) in [4.78, 5) is 14.8. The summed E-state index contributed by atoms with van der Waals surface area (Å²) < 4.78 is 0. The number of benzene rings is 1. The molecule has 0 spiro atoms. The van der Waals surface area contributed by atoms with Crippen LogP contribution in [0.2, 0.25) is 0 Å². The zero-order valence-corrected chi connectivity index (χ0v) is 13.7. The molecule has 21 heavy (non-hydrogen) atoms. The Bertz CT molecular complexity index is 521. The van der Waals surface area contributed by atoms with Crippen molar-refractivity contribution in [3.8, 4) is 0 Å². The molecule has 0 heterocycles. The summed E-state index contributed by atoms with van der Waals surface area (Å²) >= 11 is 4.98. The Morgan fingerprint density at radius 1 is 1.29 bits per heavy atom. The van der Waals surface area contributed by atoms with Gasteiger partial charge in [-0.05, 0) is 43.7 Å². The van der Waals surface area contributed by atoms with Gasteiger partial charge < -0.3 is 10.6 Å². The maximum absolute atomic E-state index is 12.6. The molecule has 4 heteroatoms. The van der Waals surface area contributed by atoms with Gasteiger partial charge in [-0.2, -0.15) is 0 Å². The Labute approximate surface area is 132 Å². The van der Waals surface area contributed by atoms with Crippen molar-refractivity contribution in [3.63, 3.8) is 0 Å². The Balaban J connectivity index is 2.06. The van der Waals surface area contributed by atoms with E-state index in [1.807, 2.05) is 30.1 Å². The minimum absolute atomic E-state index is 0.0630. The van der Waals surface area contributed by atoms with Crippen LogP contribution in [0.4, 0.5) is 0 Å². The van der Waals surface area contributed by atoms with Gasteiger partial charge in [0.1, 0.15) is 4.99 Å². The van der Waals surface area contributed by atoms with Gasteiger partial charge in [0.05, 0.1) is 0 Å². The van der Waals surface area contributed by atoms with Crippen LogP contribution in [0.25, 0.3) is 0 Å². The van der Waals surface area contributed by atoms with Gasteiger partial charge in [0.15, 0.2) is 0 Å². The third-order valence-corrected chi connectivity index (χ3v) is 4.89. The molecule has 3 nitrogen and oxygen atoms in total. The van der Waals surface area contributed by atoms with Crippen molar-refractivity contribution in [2.24, 2.45) is 11.7 Å². The quantitative estimate of drug-likeness (QED) is 0.868. The fraction of sp³-hybridized carbons (Fsp3) is 0.529. The van der Waals surface area contributed by atoms with Crippen LogP contribution in [0.3, 0.4) is 0 Å². The second-order valence-electron chi connectivity index (χ2n) is 5.94. The number of nitrogens with zero attached hydrogens (tertiary/aromatic N) is 1. The maximum atomic E-state index is 12.6. The average molecular weight is 304 g/mol. The summed E-state index contributed by atoms with van der Waals surface area (Å²) in [6.45, 7) is 2.25. The highest BCUT2D eigenvalue weighted by atomic mass is 32.1. The van der Waals surface area contributed by atoms with Gasteiger partial charge in [0, 0.05) is 24.2 Å². The van der Waals surface area contributed by atoms with Crippen LogP contribution in [0.5, 0.6) is 0 Å². The highest BCUT2D eigenvalue weighted by Gasteiger charge is 2.26. The minimum atomic E-state index is 0.0630. The third kappa shape index (κ3) is 3.82. The first-order valence-corrected chi connectivity index (χ1v) is 8.10.